The van der Waals surface area contributed by atoms with Crippen molar-refractivity contribution in [2.24, 2.45) is 23.7 Å². The van der Waals surface area contributed by atoms with Crippen LogP contribution in [0.25, 0.3) is 0 Å². The molecule has 0 spiro atoms. The monoisotopic (exact) mass is 467 g/mol. The third kappa shape index (κ3) is 4.10. The molecule has 2 bridgehead atoms. The molecule has 2 aromatic rings. The van der Waals surface area contributed by atoms with E-state index in [1.54, 1.807) is 6.07 Å². The van der Waals surface area contributed by atoms with Gasteiger partial charge in [-0.05, 0) is 50.2 Å². The number of anilines is 1. The summed E-state index contributed by atoms with van der Waals surface area (Å²) in [5, 5.41) is 13.3. The number of benzene rings is 1. The number of fused-ring (bicyclic) bond motifs is 2. The highest BCUT2D eigenvalue weighted by Gasteiger charge is 2.57. The predicted molar refractivity (Wildman–Crippen MR) is 127 cm³/mol. The molecule has 1 aromatic carbocycles. The predicted octanol–water partition coefficient (Wildman–Crippen LogP) is 5.32. The summed E-state index contributed by atoms with van der Waals surface area (Å²) in [4.78, 5) is 39.0. The molecule has 2 aliphatic carbocycles. The minimum absolute atomic E-state index is 0.0248. The highest BCUT2D eigenvalue weighted by molar-refractivity contribution is 7.16. The number of ether oxygens (including phenoxy) is 1. The number of carboxylic acid groups (broad SMARTS) is 1. The van der Waals surface area contributed by atoms with E-state index in [1.165, 1.54) is 18.4 Å². The Bertz CT molecular complexity index is 1110. The van der Waals surface area contributed by atoms with Crippen molar-refractivity contribution in [2.75, 3.05) is 12.4 Å². The number of nitrogens with one attached hydrogen (secondary N) is 1. The molecule has 174 valence electrons. The molecular formula is C26H29NO5S. The summed E-state index contributed by atoms with van der Waals surface area (Å²) < 4.78 is 4.95. The van der Waals surface area contributed by atoms with Crippen LogP contribution in [0.4, 0.5) is 5.00 Å². The number of rotatable bonds is 6. The fourth-order valence-electron chi connectivity index (χ4n) is 5.68. The van der Waals surface area contributed by atoms with Crippen molar-refractivity contribution in [3.8, 4) is 0 Å². The summed E-state index contributed by atoms with van der Waals surface area (Å²) in [5.41, 5.74) is 3.63. The van der Waals surface area contributed by atoms with Crippen molar-refractivity contribution < 1.29 is 24.2 Å². The van der Waals surface area contributed by atoms with Crippen LogP contribution in [0.2, 0.25) is 0 Å². The molecule has 6 nitrogen and oxygen atoms in total. The van der Waals surface area contributed by atoms with E-state index in [-0.39, 0.29) is 23.7 Å². The lowest BCUT2D eigenvalue weighted by atomic mass is 9.79. The highest BCUT2D eigenvalue weighted by atomic mass is 32.1. The van der Waals surface area contributed by atoms with Gasteiger partial charge in [-0.3, -0.25) is 9.59 Å². The van der Waals surface area contributed by atoms with E-state index in [2.05, 4.69) is 5.32 Å². The molecule has 0 radical (unpaired) electrons. The molecule has 0 saturated heterocycles. The van der Waals surface area contributed by atoms with E-state index in [4.69, 9.17) is 4.74 Å². The van der Waals surface area contributed by atoms with Crippen LogP contribution < -0.4 is 5.32 Å². The number of methoxy groups -OCH3 is 1. The third-order valence-corrected chi connectivity index (χ3v) is 8.36. The van der Waals surface area contributed by atoms with Gasteiger partial charge in [-0.1, -0.05) is 48.4 Å². The minimum Gasteiger partial charge on any atom is -0.481 e. The Morgan fingerprint density at radius 2 is 1.73 bits per heavy atom. The van der Waals surface area contributed by atoms with Gasteiger partial charge in [0.1, 0.15) is 5.00 Å². The van der Waals surface area contributed by atoms with Gasteiger partial charge in [0.25, 0.3) is 0 Å². The summed E-state index contributed by atoms with van der Waals surface area (Å²) in [6, 6.07) is 11.7. The number of amides is 1. The highest BCUT2D eigenvalue weighted by Crippen LogP contribution is 2.57. The first kappa shape index (κ1) is 23.2. The maximum absolute atomic E-state index is 13.5. The molecular weight excluding hydrogens is 438 g/mol. The summed E-state index contributed by atoms with van der Waals surface area (Å²) in [6.07, 6.45) is 1.62. The van der Waals surface area contributed by atoms with Crippen LogP contribution in [-0.4, -0.2) is 30.1 Å². The van der Waals surface area contributed by atoms with Gasteiger partial charge in [-0.25, -0.2) is 4.79 Å². The zero-order valence-corrected chi connectivity index (χ0v) is 20.1. The lowest BCUT2D eigenvalue weighted by Crippen LogP contribution is -2.37. The van der Waals surface area contributed by atoms with Gasteiger partial charge in [-0.15, -0.1) is 11.3 Å². The molecule has 2 fully saturated rings. The molecule has 1 heterocycles. The molecule has 2 saturated carbocycles. The standard InChI is InChI=1S/C26H29NO5S/c1-13(2)20-16-10-11-17(20)22(25(29)30)21(16)23(28)27-24-18(26(31)32-4)12-19(33-24)14(3)15-8-6-5-7-9-15/h5-9,12,14,16-17,21-22H,10-11H2,1-4H3,(H,27,28)(H,29,30)/t14-,16-,17+,21+,22+/m1/s1. The summed E-state index contributed by atoms with van der Waals surface area (Å²) in [6.45, 7) is 6.03. The Balaban J connectivity index is 1.66. The molecule has 33 heavy (non-hydrogen) atoms. The zero-order valence-electron chi connectivity index (χ0n) is 19.3. The Hall–Kier alpha value is -2.93. The number of aliphatic carboxylic acids is 1. The van der Waals surface area contributed by atoms with Crippen molar-refractivity contribution in [3.63, 3.8) is 0 Å². The van der Waals surface area contributed by atoms with E-state index >= 15 is 0 Å². The number of esters is 1. The van der Waals surface area contributed by atoms with Gasteiger partial charge in [0.15, 0.2) is 0 Å². The minimum atomic E-state index is -0.932. The molecule has 5 atom stereocenters. The first-order valence-corrected chi connectivity index (χ1v) is 12.0. The number of hydrogen-bond donors (Lipinski definition) is 2. The number of allylic oxidation sites excluding steroid dienone is 2. The van der Waals surface area contributed by atoms with Gasteiger partial charge >= 0.3 is 11.9 Å². The molecule has 2 aliphatic rings. The van der Waals surface area contributed by atoms with E-state index in [9.17, 15) is 19.5 Å². The first-order chi connectivity index (χ1) is 15.7. The summed E-state index contributed by atoms with van der Waals surface area (Å²) in [7, 11) is 1.31. The van der Waals surface area contributed by atoms with Crippen molar-refractivity contribution in [2.45, 2.75) is 39.5 Å². The van der Waals surface area contributed by atoms with Crippen molar-refractivity contribution in [3.05, 3.63) is 63.5 Å². The molecule has 1 amide bonds. The van der Waals surface area contributed by atoms with E-state index in [1.807, 2.05) is 51.1 Å². The Kier molecular flexibility index (Phi) is 6.43. The van der Waals surface area contributed by atoms with Gasteiger partial charge in [0.2, 0.25) is 5.91 Å². The fraction of sp³-hybridized carbons (Fsp3) is 0.423. The van der Waals surface area contributed by atoms with Crippen LogP contribution in [0.1, 0.15) is 60.3 Å². The lowest BCUT2D eigenvalue weighted by Gasteiger charge is -2.26. The fourth-order valence-corrected chi connectivity index (χ4v) is 6.81. The quantitative estimate of drug-likeness (QED) is 0.443. The van der Waals surface area contributed by atoms with Crippen molar-refractivity contribution in [1.29, 1.82) is 0 Å². The Morgan fingerprint density at radius 3 is 2.30 bits per heavy atom. The third-order valence-electron chi connectivity index (χ3n) is 7.13. The lowest BCUT2D eigenvalue weighted by molar-refractivity contribution is -0.148. The first-order valence-electron chi connectivity index (χ1n) is 11.2. The Labute approximate surface area is 197 Å². The zero-order chi connectivity index (χ0) is 23.9. The van der Waals surface area contributed by atoms with Crippen LogP contribution in [0.5, 0.6) is 0 Å². The van der Waals surface area contributed by atoms with E-state index < -0.39 is 23.8 Å². The summed E-state index contributed by atoms with van der Waals surface area (Å²) in [5.74, 6) is -3.31. The largest absolute Gasteiger partial charge is 0.481 e. The topological polar surface area (TPSA) is 92.7 Å². The maximum atomic E-state index is 13.5. The smallest absolute Gasteiger partial charge is 0.340 e. The molecule has 4 rings (SSSR count). The van der Waals surface area contributed by atoms with Gasteiger partial charge in [0.05, 0.1) is 24.5 Å². The average molecular weight is 468 g/mol. The number of thiophene rings is 1. The average Bonchev–Trinajstić information content (AvgIpc) is 3.50. The number of carboxylic acids is 1. The molecule has 7 heteroatoms. The van der Waals surface area contributed by atoms with Crippen LogP contribution in [-0.2, 0) is 14.3 Å². The number of hydrogen-bond acceptors (Lipinski definition) is 5. The van der Waals surface area contributed by atoms with Crippen LogP contribution in [0.15, 0.2) is 47.5 Å². The van der Waals surface area contributed by atoms with Crippen molar-refractivity contribution >= 4 is 34.2 Å². The van der Waals surface area contributed by atoms with E-state index in [0.717, 1.165) is 34.4 Å². The molecule has 0 aliphatic heterocycles. The van der Waals surface area contributed by atoms with Crippen LogP contribution in [0.3, 0.4) is 0 Å². The Morgan fingerprint density at radius 1 is 1.09 bits per heavy atom. The summed E-state index contributed by atoms with van der Waals surface area (Å²) >= 11 is 1.34. The number of carbonyl (C=O) groups excluding carboxylic acids is 2. The number of carbonyl (C=O) groups is 3. The van der Waals surface area contributed by atoms with Gasteiger partial charge < -0.3 is 15.2 Å². The van der Waals surface area contributed by atoms with Crippen LogP contribution >= 0.6 is 11.3 Å². The molecule has 1 aromatic heterocycles. The second-order valence-corrected chi connectivity index (χ2v) is 10.2. The second-order valence-electron chi connectivity index (χ2n) is 9.14. The van der Waals surface area contributed by atoms with Crippen LogP contribution in [0, 0.1) is 23.7 Å². The maximum Gasteiger partial charge on any atom is 0.340 e. The van der Waals surface area contributed by atoms with Gasteiger partial charge in [0, 0.05) is 10.8 Å². The SMILES string of the molecule is COC(=O)c1cc([C@H](C)c2ccccc2)sc1NC(=O)[C@@H]1[C@@H](C(=O)O)[C@H]2CC[C@@H]1C2=C(C)C. The second kappa shape index (κ2) is 9.14. The van der Waals surface area contributed by atoms with Gasteiger partial charge in [-0.2, -0.15) is 0 Å². The van der Waals surface area contributed by atoms with Crippen molar-refractivity contribution in [1.82, 2.24) is 0 Å². The van der Waals surface area contributed by atoms with E-state index in [0.29, 0.717) is 10.6 Å². The molecule has 2 N–H and O–H groups in total. The normalized spacial score (nSPS) is 24.4. The molecule has 0 unspecified atom stereocenters.